The van der Waals surface area contributed by atoms with E-state index in [0.29, 0.717) is 24.9 Å². The normalized spacial score (nSPS) is 17.2. The fourth-order valence-corrected chi connectivity index (χ4v) is 2.35. The van der Waals surface area contributed by atoms with Gasteiger partial charge in [0.15, 0.2) is 0 Å². The number of hydrogen-bond donors (Lipinski definition) is 3. The lowest BCUT2D eigenvalue weighted by molar-refractivity contribution is -0.119. The smallest absolute Gasteiger partial charge is 0.371 e. The van der Waals surface area contributed by atoms with E-state index in [9.17, 15) is 9.59 Å². The van der Waals surface area contributed by atoms with E-state index in [0.717, 1.165) is 25.9 Å². The zero-order valence-corrected chi connectivity index (χ0v) is 11.2. The van der Waals surface area contributed by atoms with Crippen LogP contribution in [0.2, 0.25) is 0 Å². The monoisotopic (exact) mass is 281 g/mol. The lowest BCUT2D eigenvalue weighted by Crippen LogP contribution is -2.45. The first kappa shape index (κ1) is 14.5. The van der Waals surface area contributed by atoms with Crippen LogP contribution < -0.4 is 11.1 Å². The summed E-state index contributed by atoms with van der Waals surface area (Å²) in [5.41, 5.74) is 5.16. The summed E-state index contributed by atoms with van der Waals surface area (Å²) in [7, 11) is 0. The Kier molecular flexibility index (Phi) is 4.75. The number of nitrogens with zero attached hydrogens (tertiary/aromatic N) is 1. The topological polar surface area (TPSA) is 109 Å². The fourth-order valence-electron chi connectivity index (χ4n) is 2.35. The van der Waals surface area contributed by atoms with Crippen LogP contribution in [0.25, 0.3) is 0 Å². The number of hydrogen-bond acceptors (Lipinski definition) is 5. The lowest BCUT2D eigenvalue weighted by Gasteiger charge is -2.31. The molecule has 0 aromatic carbocycles. The Balaban J connectivity index is 1.73. The van der Waals surface area contributed by atoms with E-state index in [1.54, 1.807) is 6.07 Å². The van der Waals surface area contributed by atoms with Crippen molar-refractivity contribution in [3.63, 3.8) is 0 Å². The summed E-state index contributed by atoms with van der Waals surface area (Å²) >= 11 is 0. The van der Waals surface area contributed by atoms with E-state index >= 15 is 0 Å². The van der Waals surface area contributed by atoms with Crippen LogP contribution in [-0.4, -0.2) is 47.6 Å². The minimum atomic E-state index is -1.06. The number of amides is 1. The number of primary amides is 1. The number of carbonyl (C=O) groups excluding carboxylic acids is 1. The largest absolute Gasteiger partial charge is 0.475 e. The van der Waals surface area contributed by atoms with Gasteiger partial charge in [-0.3, -0.25) is 9.69 Å². The summed E-state index contributed by atoms with van der Waals surface area (Å²) in [5, 5.41) is 12.1. The first-order valence-corrected chi connectivity index (χ1v) is 6.60. The maximum absolute atomic E-state index is 10.8. The van der Waals surface area contributed by atoms with Gasteiger partial charge in [-0.05, 0) is 25.0 Å². The number of likely N-dealkylation sites (tertiary alicyclic amines) is 1. The summed E-state index contributed by atoms with van der Waals surface area (Å²) in [6.07, 6.45) is 1.86. The molecule has 0 saturated carbocycles. The second-order valence-electron chi connectivity index (χ2n) is 4.97. The van der Waals surface area contributed by atoms with E-state index in [1.807, 2.05) is 4.90 Å². The highest BCUT2D eigenvalue weighted by Crippen LogP contribution is 2.12. The summed E-state index contributed by atoms with van der Waals surface area (Å²) in [5.74, 6) is -0.788. The molecule has 4 N–H and O–H groups in total. The average molecular weight is 281 g/mol. The molecule has 1 aliphatic heterocycles. The zero-order valence-electron chi connectivity index (χ0n) is 11.2. The van der Waals surface area contributed by atoms with Gasteiger partial charge < -0.3 is 20.6 Å². The maximum atomic E-state index is 10.8. The van der Waals surface area contributed by atoms with Gasteiger partial charge in [0.1, 0.15) is 5.76 Å². The Morgan fingerprint density at radius 1 is 1.40 bits per heavy atom. The minimum Gasteiger partial charge on any atom is -0.475 e. The number of nitrogens with two attached hydrogens (primary N) is 1. The molecule has 0 spiro atoms. The van der Waals surface area contributed by atoms with Crippen molar-refractivity contribution in [2.24, 2.45) is 5.73 Å². The molecule has 1 saturated heterocycles. The highest BCUT2D eigenvalue weighted by molar-refractivity contribution is 5.84. The van der Waals surface area contributed by atoms with Crippen molar-refractivity contribution in [2.75, 3.05) is 19.6 Å². The van der Waals surface area contributed by atoms with E-state index in [2.05, 4.69) is 5.32 Å². The molecule has 1 aromatic rings. The van der Waals surface area contributed by atoms with Gasteiger partial charge in [0.2, 0.25) is 11.7 Å². The molecule has 0 bridgehead atoms. The van der Waals surface area contributed by atoms with Crippen LogP contribution in [-0.2, 0) is 11.3 Å². The summed E-state index contributed by atoms with van der Waals surface area (Å²) in [4.78, 5) is 23.5. The van der Waals surface area contributed by atoms with E-state index in [1.165, 1.54) is 6.07 Å². The molecule has 20 heavy (non-hydrogen) atoms. The Hall–Kier alpha value is -1.86. The Morgan fingerprint density at radius 3 is 2.65 bits per heavy atom. The molecule has 0 aliphatic carbocycles. The molecular weight excluding hydrogens is 262 g/mol. The van der Waals surface area contributed by atoms with Gasteiger partial charge in [0, 0.05) is 19.1 Å². The number of carbonyl (C=O) groups is 2. The summed E-state index contributed by atoms with van der Waals surface area (Å²) in [6, 6.07) is 3.46. The van der Waals surface area contributed by atoms with Crippen molar-refractivity contribution in [3.05, 3.63) is 23.7 Å². The van der Waals surface area contributed by atoms with Crippen LogP contribution >= 0.6 is 0 Å². The van der Waals surface area contributed by atoms with Crippen LogP contribution in [0.3, 0.4) is 0 Å². The molecule has 7 heteroatoms. The average Bonchev–Trinajstić information content (AvgIpc) is 2.86. The molecule has 0 radical (unpaired) electrons. The number of carboxylic acids is 1. The molecule has 2 rings (SSSR count). The van der Waals surface area contributed by atoms with Crippen molar-refractivity contribution in [1.29, 1.82) is 0 Å². The third kappa shape index (κ3) is 4.07. The molecule has 1 fully saturated rings. The number of aromatic carboxylic acids is 1. The molecule has 0 unspecified atom stereocenters. The van der Waals surface area contributed by atoms with Gasteiger partial charge in [-0.2, -0.15) is 0 Å². The number of piperidine rings is 1. The van der Waals surface area contributed by atoms with Crippen molar-refractivity contribution in [2.45, 2.75) is 25.4 Å². The fraction of sp³-hybridized carbons (Fsp3) is 0.538. The second-order valence-corrected chi connectivity index (χ2v) is 4.97. The first-order chi connectivity index (χ1) is 9.54. The number of nitrogens with one attached hydrogen (secondary N) is 1. The van der Waals surface area contributed by atoms with Gasteiger partial charge in [-0.15, -0.1) is 0 Å². The van der Waals surface area contributed by atoms with Crippen LogP contribution in [0.5, 0.6) is 0 Å². The van der Waals surface area contributed by atoms with Crippen LogP contribution in [0.4, 0.5) is 0 Å². The predicted molar refractivity (Wildman–Crippen MR) is 71.2 cm³/mol. The van der Waals surface area contributed by atoms with Gasteiger partial charge in [0.05, 0.1) is 13.1 Å². The quantitative estimate of drug-likeness (QED) is 0.678. The molecule has 7 nitrogen and oxygen atoms in total. The summed E-state index contributed by atoms with van der Waals surface area (Å²) < 4.78 is 5.18. The van der Waals surface area contributed by atoms with E-state index < -0.39 is 5.97 Å². The molecule has 1 aliphatic rings. The second kappa shape index (κ2) is 6.53. The summed E-state index contributed by atoms with van der Waals surface area (Å²) in [6.45, 7) is 2.49. The molecular formula is C13H19N3O4. The van der Waals surface area contributed by atoms with Crippen molar-refractivity contribution >= 4 is 11.9 Å². The number of rotatable bonds is 6. The maximum Gasteiger partial charge on any atom is 0.371 e. The van der Waals surface area contributed by atoms with Crippen molar-refractivity contribution in [1.82, 2.24) is 10.2 Å². The van der Waals surface area contributed by atoms with Crippen LogP contribution in [0.1, 0.15) is 29.2 Å². The highest BCUT2D eigenvalue weighted by Gasteiger charge is 2.20. The van der Waals surface area contributed by atoms with Gasteiger partial charge in [0.25, 0.3) is 0 Å². The molecule has 1 amide bonds. The third-order valence-electron chi connectivity index (χ3n) is 3.40. The van der Waals surface area contributed by atoms with E-state index in [4.69, 9.17) is 15.3 Å². The van der Waals surface area contributed by atoms with Gasteiger partial charge >= 0.3 is 5.97 Å². The molecule has 110 valence electrons. The minimum absolute atomic E-state index is 0.0434. The van der Waals surface area contributed by atoms with Crippen molar-refractivity contribution < 1.29 is 19.1 Å². The Bertz CT molecular complexity index is 478. The zero-order chi connectivity index (χ0) is 14.5. The number of furan rings is 1. The SMILES string of the molecule is NC(=O)CN1CCC(NCc2ccc(C(=O)O)o2)CC1. The highest BCUT2D eigenvalue weighted by atomic mass is 16.4. The standard InChI is InChI=1S/C13H19N3O4/c14-12(17)8-16-5-3-9(4-6-16)15-7-10-1-2-11(20-10)13(18)19/h1-2,9,15H,3-8H2,(H2,14,17)(H,18,19). The van der Waals surface area contributed by atoms with Crippen molar-refractivity contribution in [3.8, 4) is 0 Å². The lowest BCUT2D eigenvalue weighted by atomic mass is 10.1. The molecule has 0 atom stereocenters. The number of carboxylic acid groups (broad SMARTS) is 1. The molecule has 1 aromatic heterocycles. The van der Waals surface area contributed by atoms with Crippen LogP contribution in [0, 0.1) is 0 Å². The first-order valence-electron chi connectivity index (χ1n) is 6.60. The Morgan fingerprint density at radius 2 is 2.10 bits per heavy atom. The molecule has 2 heterocycles. The van der Waals surface area contributed by atoms with E-state index in [-0.39, 0.29) is 11.7 Å². The van der Waals surface area contributed by atoms with Gasteiger partial charge in [-0.25, -0.2) is 4.79 Å². The third-order valence-corrected chi connectivity index (χ3v) is 3.40. The van der Waals surface area contributed by atoms with Gasteiger partial charge in [-0.1, -0.05) is 0 Å². The van der Waals surface area contributed by atoms with Crippen LogP contribution in [0.15, 0.2) is 16.5 Å². The Labute approximate surface area is 116 Å². The predicted octanol–water partition coefficient (Wildman–Crippen LogP) is 0.0171.